The zero-order valence-electron chi connectivity index (χ0n) is 49.8. The Balaban J connectivity index is 0.983. The van der Waals surface area contributed by atoms with Crippen molar-refractivity contribution in [3.05, 3.63) is 314 Å². The number of aromatic nitrogens is 6. The lowest BCUT2D eigenvalue weighted by Crippen LogP contribution is -2.14. The van der Waals surface area contributed by atoms with E-state index in [2.05, 4.69) is 0 Å². The average molecular weight is 1260 g/mol. The smallest absolute Gasteiger partial charge is 0.309 e. The number of alkyl halides is 3. The van der Waals surface area contributed by atoms with Crippen molar-refractivity contribution in [2.45, 2.75) is 6.18 Å². The van der Waals surface area contributed by atoms with Gasteiger partial charge >= 0.3 is 6.18 Å². The summed E-state index contributed by atoms with van der Waals surface area (Å²) in [5, 5.41) is 1.94. The molecule has 0 saturated carbocycles. The maximum absolute atomic E-state index is 17.3. The molecule has 0 unspecified atom stereocenters. The fourth-order valence-electron chi connectivity index (χ4n) is 12.9. The molecule has 0 amide bonds. The van der Waals surface area contributed by atoms with Gasteiger partial charge in [0.25, 0.3) is 0 Å². The minimum Gasteiger partial charge on any atom is -0.309 e. The molecule has 0 spiro atoms. The van der Waals surface area contributed by atoms with Gasteiger partial charge in [0.05, 0.1) is 67.3 Å². The summed E-state index contributed by atoms with van der Waals surface area (Å²) in [5.74, 6) is -11.5. The molecule has 16 aromatic rings. The highest BCUT2D eigenvalue weighted by Gasteiger charge is 2.39. The van der Waals surface area contributed by atoms with Gasteiger partial charge in [-0.2, -0.15) is 13.2 Å². The van der Waals surface area contributed by atoms with Crippen LogP contribution >= 0.6 is 0 Å². The Labute approximate surface area is 537 Å². The van der Waals surface area contributed by atoms with E-state index in [4.69, 9.17) is 19.9 Å². The Kier molecular flexibility index (Phi) is 14.2. The molecule has 10 aromatic carbocycles. The average Bonchev–Trinajstić information content (AvgIpc) is 1.54. The predicted octanol–water partition coefficient (Wildman–Crippen LogP) is 22.2. The Hall–Kier alpha value is -12.2. The summed E-state index contributed by atoms with van der Waals surface area (Å²) in [6.07, 6.45) is 1.36. The fraction of sp³-hybridized carbons (Fsp3) is 0.0123. The third kappa shape index (κ3) is 10.2. The summed E-state index contributed by atoms with van der Waals surface area (Å²) < 4.78 is 137. The summed E-state index contributed by atoms with van der Waals surface area (Å²) >= 11 is 0. The quantitative estimate of drug-likeness (QED) is 0.0735. The second kappa shape index (κ2) is 23.2. The van der Waals surface area contributed by atoms with Crippen LogP contribution in [0.25, 0.3) is 156 Å². The summed E-state index contributed by atoms with van der Waals surface area (Å²) in [6, 6.07) is 75.7. The predicted molar refractivity (Wildman–Crippen MR) is 360 cm³/mol. The van der Waals surface area contributed by atoms with E-state index in [1.54, 1.807) is 73.3 Å². The van der Waals surface area contributed by atoms with Gasteiger partial charge in [0.1, 0.15) is 0 Å². The van der Waals surface area contributed by atoms with Gasteiger partial charge in [-0.1, -0.05) is 194 Å². The normalized spacial score (nSPS) is 11.8. The van der Waals surface area contributed by atoms with Crippen LogP contribution in [0.4, 0.5) is 35.1 Å². The van der Waals surface area contributed by atoms with Crippen molar-refractivity contribution in [2.75, 3.05) is 0 Å². The first-order valence-electron chi connectivity index (χ1n) is 30.3. The monoisotopic (exact) mass is 1250 g/mol. The number of halogens is 8. The molecule has 16 rings (SSSR count). The van der Waals surface area contributed by atoms with Crippen molar-refractivity contribution >= 4 is 43.6 Å². The molecule has 6 nitrogen and oxygen atoms in total. The number of rotatable bonds is 11. The summed E-state index contributed by atoms with van der Waals surface area (Å²) in [5.41, 5.74) is 6.94. The van der Waals surface area contributed by atoms with Crippen molar-refractivity contribution in [1.82, 2.24) is 29.1 Å². The molecule has 6 aromatic heterocycles. The molecule has 456 valence electrons. The molecule has 95 heavy (non-hydrogen) atoms. The molecule has 0 radical (unpaired) electrons. The van der Waals surface area contributed by atoms with E-state index in [1.807, 2.05) is 194 Å². The van der Waals surface area contributed by atoms with Crippen LogP contribution in [0.15, 0.2) is 280 Å². The van der Waals surface area contributed by atoms with E-state index in [-0.39, 0.29) is 22.1 Å². The second-order valence-corrected chi connectivity index (χ2v) is 23.1. The molecule has 0 aliphatic heterocycles. The third-order valence-electron chi connectivity index (χ3n) is 17.6. The highest BCUT2D eigenvalue weighted by Crippen LogP contribution is 2.48. The fourth-order valence-corrected chi connectivity index (χ4v) is 12.9. The number of pyridine rings is 4. The summed E-state index contributed by atoms with van der Waals surface area (Å²) in [7, 11) is 0. The molecule has 0 bridgehead atoms. The van der Waals surface area contributed by atoms with Crippen molar-refractivity contribution < 1.29 is 35.1 Å². The van der Waals surface area contributed by atoms with E-state index >= 15 is 35.1 Å². The van der Waals surface area contributed by atoms with Crippen LogP contribution in [-0.4, -0.2) is 29.1 Å². The first kappa shape index (κ1) is 58.0. The molecular formula is C81H46F8N6. The minimum absolute atomic E-state index is 0.214. The standard InChI is InChI=1S/C81H46F8N6/c82-76-75(77(83)79(85)80(86)78(76)84)63-41-74(95-71-39-53(57-27-35-67(92-45-57)49-17-9-3-10-18-49)23-31-61(71)62-32-24-54(40-72(62)95)58-28-36-68(93-46-58)50-19-11-4-12-20-50)64(81(87,88)89)42-73(63)94-69-37-51(55-25-33-65(90-43-55)47-13-5-1-6-14-47)21-29-59(69)60-30-22-52(38-70(60)94)56-26-34-66(91-44-56)48-15-7-2-8-16-48/h1-46H. The minimum atomic E-state index is -5.28. The van der Waals surface area contributed by atoms with E-state index in [0.717, 1.165) is 34.4 Å². The Morgan fingerprint density at radius 2 is 0.526 bits per heavy atom. The lowest BCUT2D eigenvalue weighted by atomic mass is 9.96. The zero-order valence-corrected chi connectivity index (χ0v) is 49.8. The van der Waals surface area contributed by atoms with E-state index in [9.17, 15) is 0 Å². The zero-order chi connectivity index (χ0) is 64.6. The molecule has 0 saturated heterocycles. The van der Waals surface area contributed by atoms with Gasteiger partial charge < -0.3 is 9.13 Å². The number of benzene rings is 10. The Bertz CT molecular complexity index is 5340. The van der Waals surface area contributed by atoms with Gasteiger partial charge in [0.15, 0.2) is 23.3 Å². The van der Waals surface area contributed by atoms with Crippen molar-refractivity contribution in [1.29, 1.82) is 0 Å². The molecule has 0 aliphatic carbocycles. The van der Waals surface area contributed by atoms with Crippen LogP contribution in [0, 0.1) is 29.1 Å². The maximum atomic E-state index is 17.3. The number of fused-ring (bicyclic) bond motifs is 6. The SMILES string of the molecule is Fc1c(F)c(F)c(-c2cc(-n3c4cc(-c5ccc(-c6ccccc6)nc5)ccc4c4ccc(-c5ccc(-c6ccccc6)nc5)cc43)c(C(F)(F)F)cc2-n2c3cc(-c4ccc(-c5ccccc5)nc4)ccc3c3ccc(-c4ccc(-c5ccccc5)nc4)cc32)c(F)c1F. The van der Waals surface area contributed by atoms with Gasteiger partial charge in [-0.3, -0.25) is 19.9 Å². The molecule has 0 N–H and O–H groups in total. The maximum Gasteiger partial charge on any atom is 0.418 e. The molecule has 0 fully saturated rings. The summed E-state index contributed by atoms with van der Waals surface area (Å²) in [4.78, 5) is 19.0. The number of hydrogen-bond donors (Lipinski definition) is 0. The van der Waals surface area contributed by atoms with Crippen LogP contribution in [0.5, 0.6) is 0 Å². The van der Waals surface area contributed by atoms with Crippen LogP contribution in [-0.2, 0) is 6.18 Å². The Morgan fingerprint density at radius 1 is 0.253 bits per heavy atom. The van der Waals surface area contributed by atoms with E-state index < -0.39 is 63.3 Å². The van der Waals surface area contributed by atoms with Gasteiger partial charge in [-0.25, -0.2) is 22.0 Å². The van der Waals surface area contributed by atoms with E-state index in [1.165, 1.54) is 9.13 Å². The largest absolute Gasteiger partial charge is 0.418 e. The molecule has 14 heteroatoms. The molecule has 0 atom stereocenters. The van der Waals surface area contributed by atoms with Crippen LogP contribution in [0.2, 0.25) is 0 Å². The highest BCUT2D eigenvalue weighted by atomic mass is 19.4. The third-order valence-corrected chi connectivity index (χ3v) is 17.6. The molecular weight excluding hydrogens is 1210 g/mol. The molecule has 6 heterocycles. The highest BCUT2D eigenvalue weighted by molar-refractivity contribution is 6.13. The van der Waals surface area contributed by atoms with E-state index in [0.29, 0.717) is 88.8 Å². The second-order valence-electron chi connectivity index (χ2n) is 23.1. The first-order valence-corrected chi connectivity index (χ1v) is 30.3. The topological polar surface area (TPSA) is 61.4 Å². The van der Waals surface area contributed by atoms with Crippen molar-refractivity contribution in [2.24, 2.45) is 0 Å². The summed E-state index contributed by atoms with van der Waals surface area (Å²) in [6.45, 7) is 0. The van der Waals surface area contributed by atoms with Gasteiger partial charge in [0, 0.05) is 96.4 Å². The van der Waals surface area contributed by atoms with Crippen molar-refractivity contribution in [3.63, 3.8) is 0 Å². The van der Waals surface area contributed by atoms with Crippen LogP contribution in [0.1, 0.15) is 5.56 Å². The molecule has 0 aliphatic rings. The number of nitrogens with zero attached hydrogens (tertiary/aromatic N) is 6. The lowest BCUT2D eigenvalue weighted by Gasteiger charge is -2.23. The van der Waals surface area contributed by atoms with Gasteiger partial charge in [-0.05, 0) is 82.9 Å². The van der Waals surface area contributed by atoms with Gasteiger partial charge in [-0.15, -0.1) is 0 Å². The first-order chi connectivity index (χ1) is 46.3. The number of hydrogen-bond acceptors (Lipinski definition) is 4. The van der Waals surface area contributed by atoms with Crippen LogP contribution in [0.3, 0.4) is 0 Å². The van der Waals surface area contributed by atoms with Gasteiger partial charge in [0.2, 0.25) is 5.82 Å². The lowest BCUT2D eigenvalue weighted by molar-refractivity contribution is -0.137. The van der Waals surface area contributed by atoms with Crippen LogP contribution < -0.4 is 0 Å². The Morgan fingerprint density at radius 3 is 0.800 bits per heavy atom. The van der Waals surface area contributed by atoms with Crippen molar-refractivity contribution in [3.8, 4) is 112 Å².